The molecule has 1 aromatic carbocycles. The minimum absolute atomic E-state index is 0.103. The van der Waals surface area contributed by atoms with Crippen LogP contribution in [0.5, 0.6) is 5.75 Å². The fraction of sp³-hybridized carbons (Fsp3) is 0.421. The second kappa shape index (κ2) is 8.75. The topological polar surface area (TPSA) is 74.2 Å². The summed E-state index contributed by atoms with van der Waals surface area (Å²) in [6.45, 7) is 1.94. The molecule has 0 saturated carbocycles. The predicted octanol–water partition coefficient (Wildman–Crippen LogP) is 3.47. The Labute approximate surface area is 155 Å². The normalized spacial score (nSPS) is 19.6. The summed E-state index contributed by atoms with van der Waals surface area (Å²) >= 11 is 0. The van der Waals surface area contributed by atoms with Crippen molar-refractivity contribution < 1.29 is 32.6 Å². The summed E-state index contributed by atoms with van der Waals surface area (Å²) < 4.78 is 40.4. The number of halogens is 2. The number of methoxy groups -OCH3 is 1. The first kappa shape index (κ1) is 20.5. The number of hydrogen-bond donors (Lipinski definition) is 0. The molecule has 6 nitrogen and oxygen atoms in total. The number of alkyl halides is 2. The lowest BCUT2D eigenvalue weighted by Gasteiger charge is -2.32. The summed E-state index contributed by atoms with van der Waals surface area (Å²) in [4.78, 5) is 29.3. The van der Waals surface area contributed by atoms with Gasteiger partial charge in [0, 0.05) is 22.9 Å². The highest BCUT2D eigenvalue weighted by Gasteiger charge is 2.43. The average molecular weight is 381 g/mol. The number of allylic oxidation sites excluding steroid dienone is 1. The van der Waals surface area contributed by atoms with E-state index in [1.54, 1.807) is 26.8 Å². The van der Waals surface area contributed by atoms with Crippen molar-refractivity contribution in [2.75, 3.05) is 13.7 Å². The predicted molar refractivity (Wildman–Crippen MR) is 93.8 cm³/mol. The number of nitrogens with zero attached hydrogens (tertiary/aromatic N) is 1. The first-order valence-electron chi connectivity index (χ1n) is 8.36. The van der Waals surface area contributed by atoms with E-state index in [0.717, 1.165) is 0 Å². The van der Waals surface area contributed by atoms with E-state index < -0.39 is 30.4 Å². The maximum Gasteiger partial charge on any atom is 0.387 e. The summed E-state index contributed by atoms with van der Waals surface area (Å²) in [6.07, 6.45) is 0. The van der Waals surface area contributed by atoms with Crippen molar-refractivity contribution in [3.8, 4) is 5.75 Å². The first-order chi connectivity index (χ1) is 12.8. The van der Waals surface area contributed by atoms with Crippen LogP contribution in [-0.2, 0) is 19.1 Å². The molecule has 0 saturated heterocycles. The molecule has 0 aliphatic carbocycles. The Hall–Kier alpha value is -2.77. The summed E-state index contributed by atoms with van der Waals surface area (Å²) in [5, 5.41) is 0. The molecule has 1 heterocycles. The second-order valence-corrected chi connectivity index (χ2v) is 5.87. The van der Waals surface area contributed by atoms with Gasteiger partial charge in [-0.2, -0.15) is 8.78 Å². The summed E-state index contributed by atoms with van der Waals surface area (Å²) in [5.41, 5.74) is 1.11. The van der Waals surface area contributed by atoms with Crippen molar-refractivity contribution in [3.05, 3.63) is 41.1 Å². The molecule has 1 aliphatic rings. The van der Waals surface area contributed by atoms with E-state index in [1.165, 1.54) is 25.3 Å². The van der Waals surface area contributed by atoms with Crippen LogP contribution in [0.15, 0.2) is 40.5 Å². The molecule has 0 N–H and O–H groups in total. The van der Waals surface area contributed by atoms with E-state index in [0.29, 0.717) is 11.4 Å². The van der Waals surface area contributed by atoms with Crippen molar-refractivity contribution in [1.29, 1.82) is 0 Å². The Bertz CT molecular complexity index is 788. The number of rotatable bonds is 6. The van der Waals surface area contributed by atoms with Gasteiger partial charge < -0.3 is 14.2 Å². The minimum Gasteiger partial charge on any atom is -0.466 e. The van der Waals surface area contributed by atoms with E-state index >= 15 is 0 Å². The fourth-order valence-corrected chi connectivity index (χ4v) is 3.23. The highest BCUT2D eigenvalue weighted by atomic mass is 19.3. The highest BCUT2D eigenvalue weighted by Crippen LogP contribution is 2.43. The molecule has 2 atom stereocenters. The number of carbonyl (C=O) groups is 2. The molecule has 0 radical (unpaired) electrons. The first-order valence-corrected chi connectivity index (χ1v) is 8.36. The standard InChI is InChI=1S/C19H21F2NO5/c1-5-26-18(24)15-11(3)22-10(2)14(17(23)25-4)16(15)12-8-6-7-9-13(12)27-19(20)21/h6-9,15-16,19H,5H2,1-4H3/t15?,16-/m0/s1. The monoisotopic (exact) mass is 381 g/mol. The van der Waals surface area contributed by atoms with Crippen LogP contribution < -0.4 is 4.74 Å². The van der Waals surface area contributed by atoms with Gasteiger partial charge in [-0.3, -0.25) is 9.79 Å². The molecule has 1 aromatic rings. The van der Waals surface area contributed by atoms with E-state index in [4.69, 9.17) is 9.47 Å². The molecule has 2 rings (SSSR count). The van der Waals surface area contributed by atoms with Gasteiger partial charge in [0.1, 0.15) is 11.7 Å². The van der Waals surface area contributed by atoms with E-state index in [-0.39, 0.29) is 23.5 Å². The van der Waals surface area contributed by atoms with Crippen molar-refractivity contribution in [2.45, 2.75) is 33.3 Å². The van der Waals surface area contributed by atoms with E-state index in [2.05, 4.69) is 9.73 Å². The third-order valence-electron chi connectivity index (χ3n) is 4.24. The molecule has 146 valence electrons. The Morgan fingerprint density at radius 3 is 2.48 bits per heavy atom. The number of benzene rings is 1. The summed E-state index contributed by atoms with van der Waals surface area (Å²) in [7, 11) is 1.20. The fourth-order valence-electron chi connectivity index (χ4n) is 3.23. The SMILES string of the molecule is CCOC(=O)C1C(C)=NC(C)=C(C(=O)OC)[C@@H]1c1ccccc1OC(F)F. The Balaban J connectivity index is 2.69. The average Bonchev–Trinajstić information content (AvgIpc) is 2.60. The number of carbonyl (C=O) groups excluding carboxylic acids is 2. The number of aliphatic imine (C=N–C) groups is 1. The number of ether oxygens (including phenoxy) is 3. The van der Waals surface area contributed by atoms with Crippen LogP contribution in [0.3, 0.4) is 0 Å². The van der Waals surface area contributed by atoms with Crippen molar-refractivity contribution in [2.24, 2.45) is 10.9 Å². The molecule has 0 bridgehead atoms. The van der Waals surface area contributed by atoms with Crippen LogP contribution in [0.1, 0.15) is 32.3 Å². The zero-order chi connectivity index (χ0) is 20.1. The van der Waals surface area contributed by atoms with Crippen LogP contribution in [-0.4, -0.2) is 38.0 Å². The minimum atomic E-state index is -3.06. The van der Waals surface area contributed by atoms with Crippen LogP contribution in [0.25, 0.3) is 0 Å². The van der Waals surface area contributed by atoms with E-state index in [1.807, 2.05) is 0 Å². The van der Waals surface area contributed by atoms with Crippen LogP contribution in [0.4, 0.5) is 8.78 Å². The molecular weight excluding hydrogens is 360 g/mol. The zero-order valence-corrected chi connectivity index (χ0v) is 15.5. The second-order valence-electron chi connectivity index (χ2n) is 5.87. The van der Waals surface area contributed by atoms with Gasteiger partial charge >= 0.3 is 18.6 Å². The van der Waals surface area contributed by atoms with E-state index in [9.17, 15) is 18.4 Å². The summed E-state index contributed by atoms with van der Waals surface area (Å²) in [6, 6.07) is 6.03. The number of hydrogen-bond acceptors (Lipinski definition) is 6. The third kappa shape index (κ3) is 4.32. The van der Waals surface area contributed by atoms with Gasteiger partial charge in [-0.15, -0.1) is 0 Å². The molecule has 1 aliphatic heterocycles. The van der Waals surface area contributed by atoms with Crippen LogP contribution in [0, 0.1) is 5.92 Å². The zero-order valence-electron chi connectivity index (χ0n) is 15.5. The van der Waals surface area contributed by atoms with Crippen molar-refractivity contribution in [3.63, 3.8) is 0 Å². The molecule has 0 spiro atoms. The smallest absolute Gasteiger partial charge is 0.387 e. The van der Waals surface area contributed by atoms with Crippen molar-refractivity contribution >= 4 is 17.7 Å². The Morgan fingerprint density at radius 2 is 1.89 bits per heavy atom. The molecule has 1 unspecified atom stereocenters. The van der Waals surface area contributed by atoms with Gasteiger partial charge in [0.25, 0.3) is 0 Å². The van der Waals surface area contributed by atoms with Gasteiger partial charge in [-0.25, -0.2) is 4.79 Å². The lowest BCUT2D eigenvalue weighted by molar-refractivity contribution is -0.146. The van der Waals surface area contributed by atoms with Crippen LogP contribution in [0.2, 0.25) is 0 Å². The maximum absolute atomic E-state index is 12.9. The number of esters is 2. The maximum atomic E-state index is 12.9. The highest BCUT2D eigenvalue weighted by molar-refractivity contribution is 6.07. The quantitative estimate of drug-likeness (QED) is 0.706. The molecular formula is C19H21F2NO5. The summed E-state index contributed by atoms with van der Waals surface area (Å²) in [5.74, 6) is -3.33. The Kier molecular flexibility index (Phi) is 6.65. The number of para-hydroxylation sites is 1. The molecule has 0 aromatic heterocycles. The van der Waals surface area contributed by atoms with Crippen molar-refractivity contribution in [1.82, 2.24) is 0 Å². The largest absolute Gasteiger partial charge is 0.466 e. The van der Waals surface area contributed by atoms with Gasteiger partial charge in [-0.05, 0) is 26.8 Å². The van der Waals surface area contributed by atoms with Gasteiger partial charge in [0.2, 0.25) is 0 Å². The molecule has 0 fully saturated rings. The Morgan fingerprint density at radius 1 is 1.22 bits per heavy atom. The molecule has 27 heavy (non-hydrogen) atoms. The third-order valence-corrected chi connectivity index (χ3v) is 4.24. The van der Waals surface area contributed by atoms with Gasteiger partial charge in [0.05, 0.1) is 19.3 Å². The van der Waals surface area contributed by atoms with Gasteiger partial charge in [-0.1, -0.05) is 18.2 Å². The molecule has 0 amide bonds. The molecule has 8 heteroatoms. The lowest BCUT2D eigenvalue weighted by Crippen LogP contribution is -2.36. The van der Waals surface area contributed by atoms with Crippen LogP contribution >= 0.6 is 0 Å². The van der Waals surface area contributed by atoms with Gasteiger partial charge in [0.15, 0.2) is 0 Å². The lowest BCUT2D eigenvalue weighted by atomic mass is 9.75.